The molecule has 1 saturated carbocycles. The lowest BCUT2D eigenvalue weighted by Crippen LogP contribution is -2.18. The van der Waals surface area contributed by atoms with Crippen molar-refractivity contribution in [1.82, 2.24) is 5.48 Å². The molecule has 0 spiro atoms. The Kier molecular flexibility index (Phi) is 5.29. The summed E-state index contributed by atoms with van der Waals surface area (Å²) in [5, 5.41) is 11.1. The Morgan fingerprint density at radius 3 is 2.57 bits per heavy atom. The monoisotopic (exact) mass is 311 g/mol. The fraction of sp³-hybridized carbons (Fsp3) is 0.450. The third-order valence-corrected chi connectivity index (χ3v) is 5.00. The highest BCUT2D eigenvalue weighted by Gasteiger charge is 2.15. The van der Waals surface area contributed by atoms with E-state index in [1.807, 2.05) is 0 Å². The first-order chi connectivity index (χ1) is 11.3. The third-order valence-electron chi connectivity index (χ3n) is 5.00. The second-order valence-corrected chi connectivity index (χ2v) is 6.66. The SMILES string of the molecule is O=C(CCCc1ccc2cc(C3CCCCC3)ccc2c1)NO. The van der Waals surface area contributed by atoms with Crippen molar-refractivity contribution >= 4 is 16.7 Å². The predicted octanol–water partition coefficient (Wildman–Crippen LogP) is 4.72. The number of nitrogens with one attached hydrogen (secondary N) is 1. The summed E-state index contributed by atoms with van der Waals surface area (Å²) in [5.74, 6) is 0.424. The normalized spacial score (nSPS) is 15.7. The average molecular weight is 311 g/mol. The number of aryl methyl sites for hydroxylation is 1. The molecule has 2 aromatic rings. The molecule has 3 rings (SSSR count). The summed E-state index contributed by atoms with van der Waals surface area (Å²) in [5.41, 5.74) is 4.41. The van der Waals surface area contributed by atoms with Crippen LogP contribution in [0.25, 0.3) is 10.8 Å². The van der Waals surface area contributed by atoms with Crippen molar-refractivity contribution in [2.45, 2.75) is 57.3 Å². The van der Waals surface area contributed by atoms with Crippen molar-refractivity contribution in [3.8, 4) is 0 Å². The van der Waals surface area contributed by atoms with Gasteiger partial charge in [-0.3, -0.25) is 10.0 Å². The number of rotatable bonds is 5. The van der Waals surface area contributed by atoms with Crippen LogP contribution in [0.1, 0.15) is 62.0 Å². The average Bonchev–Trinajstić information content (AvgIpc) is 2.61. The fourth-order valence-corrected chi connectivity index (χ4v) is 3.67. The summed E-state index contributed by atoms with van der Waals surface area (Å²) in [6, 6.07) is 13.5. The van der Waals surface area contributed by atoms with E-state index in [1.54, 1.807) is 5.48 Å². The molecule has 1 aliphatic carbocycles. The van der Waals surface area contributed by atoms with Gasteiger partial charge in [0.1, 0.15) is 0 Å². The molecule has 2 aromatic carbocycles. The highest BCUT2D eigenvalue weighted by Crippen LogP contribution is 2.34. The molecule has 0 aliphatic heterocycles. The summed E-state index contributed by atoms with van der Waals surface area (Å²) in [7, 11) is 0. The van der Waals surface area contributed by atoms with Crippen LogP contribution in [0.2, 0.25) is 0 Å². The molecule has 0 atom stereocenters. The van der Waals surface area contributed by atoms with E-state index < -0.39 is 0 Å². The molecule has 0 radical (unpaired) electrons. The van der Waals surface area contributed by atoms with Crippen LogP contribution in [0.3, 0.4) is 0 Å². The van der Waals surface area contributed by atoms with E-state index in [1.165, 1.54) is 54.0 Å². The maximum atomic E-state index is 11.0. The third kappa shape index (κ3) is 4.11. The minimum atomic E-state index is -0.317. The standard InChI is InChI=1S/C20H25NO2/c22-20(21-23)8-4-5-15-9-10-19-14-18(12-11-17(19)13-15)16-6-2-1-3-7-16/h9-14,16,23H,1-8H2,(H,21,22). The number of amides is 1. The Bertz CT molecular complexity index is 674. The number of hydrogen-bond donors (Lipinski definition) is 2. The van der Waals surface area contributed by atoms with Gasteiger partial charge in [0, 0.05) is 6.42 Å². The topological polar surface area (TPSA) is 49.3 Å². The summed E-state index contributed by atoms with van der Waals surface area (Å²) in [6.45, 7) is 0. The van der Waals surface area contributed by atoms with E-state index in [2.05, 4.69) is 36.4 Å². The van der Waals surface area contributed by atoms with Crippen molar-refractivity contribution in [1.29, 1.82) is 0 Å². The number of carbonyl (C=O) groups excluding carboxylic acids is 1. The Morgan fingerprint density at radius 1 is 1.04 bits per heavy atom. The van der Waals surface area contributed by atoms with Gasteiger partial charge in [-0.05, 0) is 53.5 Å². The molecule has 2 N–H and O–H groups in total. The van der Waals surface area contributed by atoms with Crippen LogP contribution >= 0.6 is 0 Å². The van der Waals surface area contributed by atoms with Crippen LogP contribution in [-0.4, -0.2) is 11.1 Å². The predicted molar refractivity (Wildman–Crippen MR) is 92.6 cm³/mol. The molecule has 0 unspecified atom stereocenters. The molecule has 0 saturated heterocycles. The van der Waals surface area contributed by atoms with Crippen LogP contribution in [-0.2, 0) is 11.2 Å². The Labute approximate surface area is 137 Å². The molecular weight excluding hydrogens is 286 g/mol. The minimum absolute atomic E-state index is 0.317. The molecule has 1 amide bonds. The quantitative estimate of drug-likeness (QED) is 0.620. The molecule has 23 heavy (non-hydrogen) atoms. The second-order valence-electron chi connectivity index (χ2n) is 6.66. The zero-order valence-corrected chi connectivity index (χ0v) is 13.6. The maximum absolute atomic E-state index is 11.0. The van der Waals surface area contributed by atoms with Crippen molar-refractivity contribution in [3.05, 3.63) is 47.5 Å². The van der Waals surface area contributed by atoms with E-state index >= 15 is 0 Å². The zero-order valence-electron chi connectivity index (χ0n) is 13.6. The lowest BCUT2D eigenvalue weighted by Gasteiger charge is -2.22. The Morgan fingerprint density at radius 2 is 1.78 bits per heavy atom. The van der Waals surface area contributed by atoms with Gasteiger partial charge in [-0.15, -0.1) is 0 Å². The van der Waals surface area contributed by atoms with Crippen LogP contribution in [0.5, 0.6) is 0 Å². The van der Waals surface area contributed by atoms with Crippen molar-refractivity contribution in [2.75, 3.05) is 0 Å². The van der Waals surface area contributed by atoms with Gasteiger partial charge in [0.25, 0.3) is 0 Å². The van der Waals surface area contributed by atoms with Gasteiger partial charge in [0.2, 0.25) is 5.91 Å². The van der Waals surface area contributed by atoms with Gasteiger partial charge in [-0.1, -0.05) is 55.7 Å². The lowest BCUT2D eigenvalue weighted by molar-refractivity contribution is -0.129. The van der Waals surface area contributed by atoms with E-state index in [-0.39, 0.29) is 5.91 Å². The van der Waals surface area contributed by atoms with Gasteiger partial charge < -0.3 is 0 Å². The first-order valence-corrected chi connectivity index (χ1v) is 8.72. The maximum Gasteiger partial charge on any atom is 0.243 e. The molecule has 3 heteroatoms. The fourth-order valence-electron chi connectivity index (χ4n) is 3.67. The first kappa shape index (κ1) is 16.0. The van der Waals surface area contributed by atoms with Gasteiger partial charge >= 0.3 is 0 Å². The van der Waals surface area contributed by atoms with Crippen LogP contribution in [0.15, 0.2) is 36.4 Å². The molecule has 1 aliphatic rings. The smallest absolute Gasteiger partial charge is 0.243 e. The number of benzene rings is 2. The molecule has 0 aromatic heterocycles. The second kappa shape index (κ2) is 7.60. The Balaban J connectivity index is 1.69. The highest BCUT2D eigenvalue weighted by atomic mass is 16.5. The molecule has 122 valence electrons. The van der Waals surface area contributed by atoms with Crippen LogP contribution in [0.4, 0.5) is 0 Å². The van der Waals surface area contributed by atoms with Gasteiger partial charge in [-0.25, -0.2) is 5.48 Å². The van der Waals surface area contributed by atoms with Crippen molar-refractivity contribution in [2.24, 2.45) is 0 Å². The van der Waals surface area contributed by atoms with Gasteiger partial charge in [0.15, 0.2) is 0 Å². The molecule has 0 heterocycles. The number of fused-ring (bicyclic) bond motifs is 1. The minimum Gasteiger partial charge on any atom is -0.289 e. The number of hydroxylamine groups is 1. The van der Waals surface area contributed by atoms with E-state index in [0.29, 0.717) is 6.42 Å². The van der Waals surface area contributed by atoms with Crippen molar-refractivity contribution < 1.29 is 10.0 Å². The van der Waals surface area contributed by atoms with Crippen LogP contribution in [0, 0.1) is 0 Å². The largest absolute Gasteiger partial charge is 0.289 e. The number of hydrogen-bond acceptors (Lipinski definition) is 2. The summed E-state index contributed by atoms with van der Waals surface area (Å²) < 4.78 is 0. The Hall–Kier alpha value is -1.87. The molecule has 3 nitrogen and oxygen atoms in total. The summed E-state index contributed by atoms with van der Waals surface area (Å²) >= 11 is 0. The van der Waals surface area contributed by atoms with E-state index in [4.69, 9.17) is 5.21 Å². The van der Waals surface area contributed by atoms with Crippen LogP contribution < -0.4 is 5.48 Å². The molecule has 0 bridgehead atoms. The zero-order chi connectivity index (χ0) is 16.1. The molecule has 1 fully saturated rings. The summed E-state index contributed by atoms with van der Waals surface area (Å²) in [4.78, 5) is 11.0. The number of carbonyl (C=O) groups is 1. The first-order valence-electron chi connectivity index (χ1n) is 8.72. The molecular formula is C20H25NO2. The van der Waals surface area contributed by atoms with E-state index in [0.717, 1.165) is 18.8 Å². The van der Waals surface area contributed by atoms with E-state index in [9.17, 15) is 4.79 Å². The van der Waals surface area contributed by atoms with Crippen molar-refractivity contribution in [3.63, 3.8) is 0 Å². The van der Waals surface area contributed by atoms with Gasteiger partial charge in [0.05, 0.1) is 0 Å². The van der Waals surface area contributed by atoms with Gasteiger partial charge in [-0.2, -0.15) is 0 Å². The highest BCUT2D eigenvalue weighted by molar-refractivity contribution is 5.84. The summed E-state index contributed by atoms with van der Waals surface area (Å²) in [6.07, 6.45) is 8.74. The lowest BCUT2D eigenvalue weighted by atomic mass is 9.83.